The van der Waals surface area contributed by atoms with Crippen LogP contribution in [0.15, 0.2) is 47.5 Å². The number of fused-ring (bicyclic) bond motifs is 2. The van der Waals surface area contributed by atoms with Crippen LogP contribution in [0.3, 0.4) is 0 Å². The van der Waals surface area contributed by atoms with Crippen molar-refractivity contribution >= 4 is 32.6 Å². The summed E-state index contributed by atoms with van der Waals surface area (Å²) in [5, 5.41) is 10.9. The number of aromatic nitrogens is 1. The Morgan fingerprint density at radius 2 is 2.00 bits per heavy atom. The molecule has 8 heteroatoms. The number of nitrogens with one attached hydrogen (secondary N) is 3. The minimum absolute atomic E-state index is 0.289. The molecule has 0 atom stereocenters. The zero-order valence-corrected chi connectivity index (χ0v) is 15.8. The molecule has 1 aliphatic heterocycles. The molecule has 0 saturated heterocycles. The maximum atomic E-state index is 5.41. The number of benzene rings is 2. The molecule has 3 aromatic rings. The number of aliphatic imine (C=N–C) groups is 1. The van der Waals surface area contributed by atoms with Gasteiger partial charge in [0.05, 0.1) is 10.2 Å². The number of nitrogens with zero attached hydrogens (tertiary/aromatic N) is 2. The average Bonchev–Trinajstić information content (AvgIpc) is 3.33. The van der Waals surface area contributed by atoms with E-state index in [1.165, 1.54) is 4.70 Å². The maximum Gasteiger partial charge on any atom is 0.231 e. The first-order chi connectivity index (χ1) is 13.3. The van der Waals surface area contributed by atoms with Gasteiger partial charge in [-0.1, -0.05) is 29.5 Å². The lowest BCUT2D eigenvalue weighted by Gasteiger charge is -2.12. The zero-order valence-electron chi connectivity index (χ0n) is 15.0. The quantitative estimate of drug-likeness (QED) is 0.345. The second-order valence-electron chi connectivity index (χ2n) is 5.95. The molecular formula is C19H21N5O2S. The van der Waals surface area contributed by atoms with Gasteiger partial charge in [0.2, 0.25) is 6.79 Å². The highest BCUT2D eigenvalue weighted by atomic mass is 32.1. The number of anilines is 1. The molecule has 2 aromatic carbocycles. The summed E-state index contributed by atoms with van der Waals surface area (Å²) in [6, 6.07) is 14.1. The number of guanidine groups is 1. The van der Waals surface area contributed by atoms with E-state index in [4.69, 9.17) is 9.47 Å². The molecule has 4 rings (SSSR count). The highest BCUT2D eigenvalue weighted by Gasteiger charge is 2.13. The van der Waals surface area contributed by atoms with E-state index in [0.29, 0.717) is 6.54 Å². The third kappa shape index (κ3) is 4.22. The van der Waals surface area contributed by atoms with E-state index in [1.807, 2.05) is 36.4 Å². The van der Waals surface area contributed by atoms with Gasteiger partial charge in [-0.05, 0) is 29.8 Å². The highest BCUT2D eigenvalue weighted by Crippen LogP contribution is 2.32. The van der Waals surface area contributed by atoms with Crippen LogP contribution in [0.5, 0.6) is 11.5 Å². The molecule has 1 aromatic heterocycles. The van der Waals surface area contributed by atoms with E-state index < -0.39 is 0 Å². The molecule has 0 radical (unpaired) electrons. The van der Waals surface area contributed by atoms with Crippen molar-refractivity contribution in [1.29, 1.82) is 0 Å². The number of rotatable bonds is 6. The number of hydrogen-bond acceptors (Lipinski definition) is 6. The summed E-state index contributed by atoms with van der Waals surface area (Å²) < 4.78 is 11.9. The van der Waals surface area contributed by atoms with Crippen LogP contribution in [0, 0.1) is 0 Å². The first kappa shape index (κ1) is 17.4. The fourth-order valence-corrected chi connectivity index (χ4v) is 3.65. The first-order valence-corrected chi connectivity index (χ1v) is 9.56. The molecule has 0 amide bonds. The van der Waals surface area contributed by atoms with Crippen LogP contribution in [-0.4, -0.2) is 37.9 Å². The second kappa shape index (κ2) is 8.13. The van der Waals surface area contributed by atoms with Crippen molar-refractivity contribution in [3.63, 3.8) is 0 Å². The van der Waals surface area contributed by atoms with E-state index in [-0.39, 0.29) is 6.79 Å². The predicted molar refractivity (Wildman–Crippen MR) is 109 cm³/mol. The van der Waals surface area contributed by atoms with E-state index in [2.05, 4.69) is 32.0 Å². The van der Waals surface area contributed by atoms with Crippen LogP contribution >= 0.6 is 11.3 Å². The summed E-state index contributed by atoms with van der Waals surface area (Å²) in [6.45, 7) is 2.43. The lowest BCUT2D eigenvalue weighted by molar-refractivity contribution is 0.174. The van der Waals surface area contributed by atoms with Crippen molar-refractivity contribution in [3.8, 4) is 11.5 Å². The Kier molecular flexibility index (Phi) is 5.24. The van der Waals surface area contributed by atoms with Gasteiger partial charge in [0.15, 0.2) is 22.6 Å². The molecular weight excluding hydrogens is 362 g/mol. The average molecular weight is 383 g/mol. The van der Waals surface area contributed by atoms with Gasteiger partial charge in [-0.3, -0.25) is 4.99 Å². The Labute approximate surface area is 161 Å². The molecule has 140 valence electrons. The standard InChI is InChI=1S/C19H21N5O2S/c1-20-18(23-11-13-6-7-15-16(10-13)26-12-25-15)21-8-9-22-19-24-14-4-2-3-5-17(14)27-19/h2-7,10H,8-9,11-12H2,1H3,(H,22,24)(H2,20,21,23). The van der Waals surface area contributed by atoms with Crippen LogP contribution < -0.4 is 25.4 Å². The molecule has 0 spiro atoms. The van der Waals surface area contributed by atoms with Gasteiger partial charge in [0.25, 0.3) is 0 Å². The molecule has 7 nitrogen and oxygen atoms in total. The molecule has 0 fully saturated rings. The Balaban J connectivity index is 1.22. The molecule has 3 N–H and O–H groups in total. The molecule has 1 aliphatic rings. The summed E-state index contributed by atoms with van der Waals surface area (Å²) in [7, 11) is 1.76. The van der Waals surface area contributed by atoms with Crippen molar-refractivity contribution in [1.82, 2.24) is 15.6 Å². The van der Waals surface area contributed by atoms with Crippen LogP contribution in [0.4, 0.5) is 5.13 Å². The van der Waals surface area contributed by atoms with Gasteiger partial charge >= 0.3 is 0 Å². The lowest BCUT2D eigenvalue weighted by Crippen LogP contribution is -2.39. The topological polar surface area (TPSA) is 79.8 Å². The maximum absolute atomic E-state index is 5.41. The number of thiazole rings is 1. The van der Waals surface area contributed by atoms with Gasteiger partial charge < -0.3 is 25.4 Å². The molecule has 27 heavy (non-hydrogen) atoms. The van der Waals surface area contributed by atoms with Gasteiger partial charge in [-0.2, -0.15) is 0 Å². The van der Waals surface area contributed by atoms with Crippen LogP contribution in [0.1, 0.15) is 5.56 Å². The smallest absolute Gasteiger partial charge is 0.231 e. The van der Waals surface area contributed by atoms with E-state index in [1.54, 1.807) is 18.4 Å². The monoisotopic (exact) mass is 383 g/mol. The molecule has 2 heterocycles. The Morgan fingerprint density at radius 3 is 2.89 bits per heavy atom. The fraction of sp³-hybridized carbons (Fsp3) is 0.263. The molecule has 0 unspecified atom stereocenters. The van der Waals surface area contributed by atoms with Gasteiger partial charge in [0, 0.05) is 26.7 Å². The summed E-state index contributed by atoms with van der Waals surface area (Å²) in [5.74, 6) is 2.33. The van der Waals surface area contributed by atoms with E-state index in [9.17, 15) is 0 Å². The molecule has 0 bridgehead atoms. The SMILES string of the molecule is CN=C(NCCNc1nc2ccccc2s1)NCc1ccc2c(c1)OCO2. The third-order valence-corrected chi connectivity index (χ3v) is 5.10. The summed E-state index contributed by atoms with van der Waals surface area (Å²) in [4.78, 5) is 8.82. The Hall–Kier alpha value is -3.00. The van der Waals surface area contributed by atoms with Crippen LogP contribution in [0.2, 0.25) is 0 Å². The Morgan fingerprint density at radius 1 is 1.11 bits per heavy atom. The van der Waals surface area contributed by atoms with Gasteiger partial charge in [0.1, 0.15) is 0 Å². The van der Waals surface area contributed by atoms with Gasteiger partial charge in [-0.25, -0.2) is 4.98 Å². The van der Waals surface area contributed by atoms with Crippen molar-refractivity contribution < 1.29 is 9.47 Å². The van der Waals surface area contributed by atoms with Crippen LogP contribution in [0.25, 0.3) is 10.2 Å². The summed E-state index contributed by atoms with van der Waals surface area (Å²) in [6.07, 6.45) is 0. The minimum atomic E-state index is 0.289. The Bertz CT molecular complexity index is 923. The second-order valence-corrected chi connectivity index (χ2v) is 6.98. The number of para-hydroxylation sites is 1. The third-order valence-electron chi connectivity index (χ3n) is 4.11. The molecule has 0 saturated carbocycles. The first-order valence-electron chi connectivity index (χ1n) is 8.74. The van der Waals surface area contributed by atoms with E-state index >= 15 is 0 Å². The zero-order chi connectivity index (χ0) is 18.5. The van der Waals surface area contributed by atoms with E-state index in [0.717, 1.165) is 46.8 Å². The lowest BCUT2D eigenvalue weighted by atomic mass is 10.2. The largest absolute Gasteiger partial charge is 0.454 e. The van der Waals surface area contributed by atoms with Gasteiger partial charge in [-0.15, -0.1) is 0 Å². The normalized spacial score (nSPS) is 13.0. The van der Waals surface area contributed by atoms with Crippen molar-refractivity contribution in [2.45, 2.75) is 6.54 Å². The van der Waals surface area contributed by atoms with Crippen LogP contribution in [-0.2, 0) is 6.54 Å². The summed E-state index contributed by atoms with van der Waals surface area (Å²) >= 11 is 1.66. The summed E-state index contributed by atoms with van der Waals surface area (Å²) in [5.41, 5.74) is 2.13. The fourth-order valence-electron chi connectivity index (χ4n) is 2.76. The highest BCUT2D eigenvalue weighted by molar-refractivity contribution is 7.22. The number of hydrogen-bond donors (Lipinski definition) is 3. The van der Waals surface area contributed by atoms with Crippen molar-refractivity contribution in [2.75, 3.05) is 32.2 Å². The number of ether oxygens (including phenoxy) is 2. The molecule has 0 aliphatic carbocycles. The van der Waals surface area contributed by atoms with Crippen molar-refractivity contribution in [3.05, 3.63) is 48.0 Å². The van der Waals surface area contributed by atoms with Crippen molar-refractivity contribution in [2.24, 2.45) is 4.99 Å². The predicted octanol–water partition coefficient (Wildman–Crippen LogP) is 2.80. The minimum Gasteiger partial charge on any atom is -0.454 e.